The minimum Gasteiger partial charge on any atom is -0.462 e. The number of anilines is 1. The van der Waals surface area contributed by atoms with Gasteiger partial charge in [-0.1, -0.05) is 30.3 Å². The van der Waals surface area contributed by atoms with E-state index < -0.39 is 41.3 Å². The summed E-state index contributed by atoms with van der Waals surface area (Å²) < 4.78 is 52.1. The number of hydrogen-bond acceptors (Lipinski definition) is 9. The summed E-state index contributed by atoms with van der Waals surface area (Å²) in [5, 5.41) is 6.07. The number of aromatic nitrogens is 4. The van der Waals surface area contributed by atoms with E-state index in [0.29, 0.717) is 10.1 Å². The average molecular weight is 548 g/mol. The Balaban J connectivity index is 1.76. The molecule has 3 heterocycles. The Labute approximate surface area is 217 Å². The third kappa shape index (κ3) is 5.20. The lowest BCUT2D eigenvalue weighted by Gasteiger charge is -2.10. The number of esters is 2. The highest BCUT2D eigenvalue weighted by Crippen LogP contribution is 2.35. The quantitative estimate of drug-likeness (QED) is 0.328. The van der Waals surface area contributed by atoms with Crippen molar-refractivity contribution in [3.63, 3.8) is 0 Å². The van der Waals surface area contributed by atoms with E-state index in [9.17, 15) is 27.6 Å². The zero-order chi connectivity index (χ0) is 27.6. The number of nitrogens with one attached hydrogen (secondary N) is 1. The van der Waals surface area contributed by atoms with E-state index >= 15 is 0 Å². The van der Waals surface area contributed by atoms with Crippen LogP contribution in [-0.4, -0.2) is 50.6 Å². The Morgan fingerprint density at radius 2 is 1.68 bits per heavy atom. The molecular weight excluding hydrogens is 527 g/mol. The van der Waals surface area contributed by atoms with E-state index in [0.717, 1.165) is 17.4 Å². The number of amides is 1. The van der Waals surface area contributed by atoms with Crippen LogP contribution in [0.15, 0.2) is 36.4 Å². The number of thiophene rings is 1. The first-order valence-corrected chi connectivity index (χ1v) is 12.1. The maximum atomic E-state index is 13.9. The molecule has 0 fully saturated rings. The number of rotatable bonds is 7. The summed E-state index contributed by atoms with van der Waals surface area (Å²) in [4.78, 5) is 46.0. The second-order valence-electron chi connectivity index (χ2n) is 7.69. The van der Waals surface area contributed by atoms with Gasteiger partial charge >= 0.3 is 18.1 Å². The van der Waals surface area contributed by atoms with E-state index in [4.69, 9.17) is 9.47 Å². The molecule has 0 saturated carbocycles. The fourth-order valence-corrected chi connectivity index (χ4v) is 4.61. The molecule has 0 bridgehead atoms. The third-order valence-electron chi connectivity index (χ3n) is 5.19. The van der Waals surface area contributed by atoms with Crippen molar-refractivity contribution in [2.45, 2.75) is 26.9 Å². The monoisotopic (exact) mass is 547 g/mol. The van der Waals surface area contributed by atoms with Crippen LogP contribution in [0, 0.1) is 6.92 Å². The topological polar surface area (TPSA) is 125 Å². The summed E-state index contributed by atoms with van der Waals surface area (Å²) in [6.45, 7) is 4.78. The van der Waals surface area contributed by atoms with Crippen molar-refractivity contribution in [1.29, 1.82) is 0 Å². The van der Waals surface area contributed by atoms with Crippen molar-refractivity contribution in [1.82, 2.24) is 19.6 Å². The number of benzene rings is 1. The van der Waals surface area contributed by atoms with Gasteiger partial charge in [0.1, 0.15) is 9.88 Å². The van der Waals surface area contributed by atoms with Crippen LogP contribution >= 0.6 is 11.3 Å². The number of halogens is 3. The first-order valence-electron chi connectivity index (χ1n) is 11.2. The lowest BCUT2D eigenvalue weighted by atomic mass is 10.1. The van der Waals surface area contributed by atoms with Crippen molar-refractivity contribution in [3.05, 3.63) is 63.9 Å². The molecule has 1 aromatic carbocycles. The molecule has 1 amide bonds. The Morgan fingerprint density at radius 1 is 1.03 bits per heavy atom. The van der Waals surface area contributed by atoms with Gasteiger partial charge in [0.25, 0.3) is 11.7 Å². The number of alkyl halides is 3. The number of carbonyl (C=O) groups is 3. The Hall–Kier alpha value is -4.33. The summed E-state index contributed by atoms with van der Waals surface area (Å²) in [5.41, 5.74) is -0.649. The van der Waals surface area contributed by atoms with Gasteiger partial charge in [0, 0.05) is 5.56 Å². The van der Waals surface area contributed by atoms with Gasteiger partial charge in [-0.05, 0) is 32.4 Å². The zero-order valence-electron chi connectivity index (χ0n) is 20.3. The van der Waals surface area contributed by atoms with Crippen LogP contribution in [0.25, 0.3) is 17.0 Å². The van der Waals surface area contributed by atoms with Crippen LogP contribution in [0.2, 0.25) is 0 Å². The third-order valence-corrected chi connectivity index (χ3v) is 6.38. The lowest BCUT2D eigenvalue weighted by Crippen LogP contribution is -2.17. The molecule has 0 aliphatic carbocycles. The molecule has 10 nitrogen and oxygen atoms in total. The fourth-order valence-electron chi connectivity index (χ4n) is 3.52. The maximum absolute atomic E-state index is 13.9. The molecule has 0 saturated heterocycles. The van der Waals surface area contributed by atoms with Gasteiger partial charge in [0.15, 0.2) is 5.69 Å². The highest BCUT2D eigenvalue weighted by molar-refractivity contribution is 7.18. The molecule has 0 atom stereocenters. The van der Waals surface area contributed by atoms with E-state index in [1.807, 2.05) is 0 Å². The molecule has 0 aliphatic rings. The van der Waals surface area contributed by atoms with Gasteiger partial charge in [-0.3, -0.25) is 4.79 Å². The van der Waals surface area contributed by atoms with Crippen LogP contribution in [0.4, 0.5) is 18.2 Å². The van der Waals surface area contributed by atoms with Gasteiger partial charge in [-0.2, -0.15) is 22.7 Å². The first-order chi connectivity index (χ1) is 18.0. The van der Waals surface area contributed by atoms with Crippen molar-refractivity contribution in [2.75, 3.05) is 18.5 Å². The maximum Gasteiger partial charge on any atom is 0.433 e. The average Bonchev–Trinajstić information content (AvgIpc) is 3.44. The van der Waals surface area contributed by atoms with Crippen molar-refractivity contribution < 1.29 is 37.0 Å². The molecule has 0 unspecified atom stereocenters. The van der Waals surface area contributed by atoms with Crippen LogP contribution in [0.1, 0.15) is 55.8 Å². The molecule has 1 N–H and O–H groups in total. The summed E-state index contributed by atoms with van der Waals surface area (Å²) in [5.74, 6) is -3.62. The molecule has 14 heteroatoms. The lowest BCUT2D eigenvalue weighted by molar-refractivity contribution is -0.142. The van der Waals surface area contributed by atoms with Crippen LogP contribution in [0.3, 0.4) is 0 Å². The number of fused-ring (bicyclic) bond motifs is 1. The molecule has 0 radical (unpaired) electrons. The first kappa shape index (κ1) is 26.7. The highest BCUT2D eigenvalue weighted by atomic mass is 32.1. The van der Waals surface area contributed by atoms with Crippen molar-refractivity contribution in [3.8, 4) is 11.3 Å². The number of carbonyl (C=O) groups excluding carboxylic acids is 3. The minimum absolute atomic E-state index is 0.0117. The number of hydrogen-bond donors (Lipinski definition) is 1. The van der Waals surface area contributed by atoms with Crippen LogP contribution in [-0.2, 0) is 15.7 Å². The van der Waals surface area contributed by atoms with Gasteiger partial charge in [0.05, 0.1) is 24.5 Å². The van der Waals surface area contributed by atoms with E-state index in [2.05, 4.69) is 20.4 Å². The minimum atomic E-state index is -4.83. The Bertz CT molecular complexity index is 1530. The van der Waals surface area contributed by atoms with Gasteiger partial charge in [-0.25, -0.2) is 14.6 Å². The van der Waals surface area contributed by atoms with E-state index in [-0.39, 0.29) is 39.9 Å². The summed E-state index contributed by atoms with van der Waals surface area (Å²) in [6, 6.07) is 8.97. The van der Waals surface area contributed by atoms with E-state index in [1.165, 1.54) is 6.92 Å². The molecule has 4 aromatic rings. The number of nitrogens with zero attached hydrogens (tertiary/aromatic N) is 4. The summed E-state index contributed by atoms with van der Waals surface area (Å²) >= 11 is 0.760. The molecular formula is C24H20F3N5O5S. The Kier molecular flexibility index (Phi) is 7.44. The largest absolute Gasteiger partial charge is 0.462 e. The molecule has 38 heavy (non-hydrogen) atoms. The molecule has 0 aliphatic heterocycles. The predicted molar refractivity (Wildman–Crippen MR) is 130 cm³/mol. The summed E-state index contributed by atoms with van der Waals surface area (Å²) in [6.07, 6.45) is -4.83. The normalized spacial score (nSPS) is 11.4. The van der Waals surface area contributed by atoms with Gasteiger partial charge < -0.3 is 14.8 Å². The van der Waals surface area contributed by atoms with Crippen LogP contribution < -0.4 is 5.32 Å². The molecule has 198 valence electrons. The molecule has 4 rings (SSSR count). The number of ether oxygens (including phenoxy) is 2. The smallest absolute Gasteiger partial charge is 0.433 e. The zero-order valence-corrected chi connectivity index (χ0v) is 21.1. The summed E-state index contributed by atoms with van der Waals surface area (Å²) in [7, 11) is 0. The van der Waals surface area contributed by atoms with E-state index in [1.54, 1.807) is 44.2 Å². The second-order valence-corrected chi connectivity index (χ2v) is 8.71. The fraction of sp³-hybridized carbons (Fsp3) is 0.250. The van der Waals surface area contributed by atoms with Gasteiger partial charge in [-0.15, -0.1) is 16.4 Å². The van der Waals surface area contributed by atoms with Gasteiger partial charge in [0.2, 0.25) is 5.82 Å². The standard InChI is InChI=1S/C24H20F3N5O5S/c1-4-36-21(34)16-12(3)17(22(35)37-5-2)38-20(16)30-19(33)18-29-23-28-14(13-9-7-6-8-10-13)11-15(24(25,26)27)32(23)31-18/h6-11H,4-5H2,1-3H3,(H,30,33). The van der Waals surface area contributed by atoms with Crippen molar-refractivity contribution in [2.24, 2.45) is 0 Å². The molecule has 0 spiro atoms. The van der Waals surface area contributed by atoms with Crippen molar-refractivity contribution >= 4 is 40.0 Å². The second kappa shape index (κ2) is 10.6. The Morgan fingerprint density at radius 3 is 2.32 bits per heavy atom. The SMILES string of the molecule is CCOC(=O)c1sc(NC(=O)c2nc3nc(-c4ccccc4)cc(C(F)(F)F)n3n2)c(C(=O)OCC)c1C. The highest BCUT2D eigenvalue weighted by Gasteiger charge is 2.36. The predicted octanol–water partition coefficient (Wildman–Crippen LogP) is 4.79. The van der Waals surface area contributed by atoms with Crippen LogP contribution in [0.5, 0.6) is 0 Å². The molecule has 3 aromatic heterocycles.